The van der Waals surface area contributed by atoms with Gasteiger partial charge >= 0.3 is 0 Å². The fourth-order valence-corrected chi connectivity index (χ4v) is 5.11. The zero-order chi connectivity index (χ0) is 18.8. The van der Waals surface area contributed by atoms with E-state index in [1.165, 1.54) is 0 Å². The number of piperazine rings is 1. The molecule has 0 aromatic heterocycles. The lowest BCUT2D eigenvalue weighted by Gasteiger charge is -2.47. The Balaban J connectivity index is 1.77. The van der Waals surface area contributed by atoms with Crippen LogP contribution in [0.25, 0.3) is 0 Å². The molecule has 0 spiro atoms. The minimum atomic E-state index is -0.698. The van der Waals surface area contributed by atoms with Crippen LogP contribution < -0.4 is 0 Å². The zero-order valence-electron chi connectivity index (χ0n) is 16.0. The van der Waals surface area contributed by atoms with Crippen molar-refractivity contribution in [3.63, 3.8) is 0 Å². The van der Waals surface area contributed by atoms with E-state index in [1.54, 1.807) is 4.90 Å². The Morgan fingerprint density at radius 2 is 1.65 bits per heavy atom. The maximum absolute atomic E-state index is 13.5. The summed E-state index contributed by atoms with van der Waals surface area (Å²) in [5, 5.41) is 0.190. The molecule has 26 heavy (non-hydrogen) atoms. The lowest BCUT2D eigenvalue weighted by Crippen LogP contribution is -2.64. The highest BCUT2D eigenvalue weighted by Gasteiger charge is 2.45. The maximum atomic E-state index is 13.5. The van der Waals surface area contributed by atoms with Gasteiger partial charge in [0.15, 0.2) is 0 Å². The van der Waals surface area contributed by atoms with Crippen LogP contribution in [-0.2, 0) is 9.59 Å². The molecule has 0 aromatic rings. The van der Waals surface area contributed by atoms with Crippen molar-refractivity contribution in [2.75, 3.05) is 13.1 Å². The van der Waals surface area contributed by atoms with Crippen LogP contribution in [0.1, 0.15) is 65.2 Å². The van der Waals surface area contributed by atoms with E-state index < -0.39 is 6.17 Å². The van der Waals surface area contributed by atoms with E-state index in [0.717, 1.165) is 38.5 Å². The zero-order valence-corrected chi connectivity index (χ0v) is 16.8. The quantitative estimate of drug-likeness (QED) is 0.690. The largest absolute Gasteiger partial charge is 0.329 e. The number of halogens is 2. The molecular formula is C20H32ClFN2O2. The Bertz CT molecular complexity index is 514. The lowest BCUT2D eigenvalue weighted by molar-refractivity contribution is -0.161. The van der Waals surface area contributed by atoms with E-state index in [4.69, 9.17) is 11.6 Å². The molecule has 1 heterocycles. The Hall–Kier alpha value is -0.840. The summed E-state index contributed by atoms with van der Waals surface area (Å²) in [4.78, 5) is 29.8. The molecule has 0 radical (unpaired) electrons. The molecule has 3 aliphatic rings. The van der Waals surface area contributed by atoms with E-state index in [0.29, 0.717) is 25.3 Å². The fourth-order valence-electron chi connectivity index (χ4n) is 4.86. The van der Waals surface area contributed by atoms with Crippen LogP contribution in [0.5, 0.6) is 0 Å². The highest BCUT2D eigenvalue weighted by atomic mass is 35.5. The second kappa shape index (κ2) is 8.45. The molecule has 0 bridgehead atoms. The minimum absolute atomic E-state index is 0.0300. The van der Waals surface area contributed by atoms with Crippen LogP contribution in [0.15, 0.2) is 0 Å². The summed E-state index contributed by atoms with van der Waals surface area (Å²) in [5.41, 5.74) is 0. The second-order valence-electron chi connectivity index (χ2n) is 8.68. The van der Waals surface area contributed by atoms with Crippen LogP contribution in [0.4, 0.5) is 4.39 Å². The molecule has 4 nitrogen and oxygen atoms in total. The number of nitrogens with zero attached hydrogens (tertiary/aromatic N) is 2. The van der Waals surface area contributed by atoms with E-state index in [9.17, 15) is 14.0 Å². The first-order valence-electron chi connectivity index (χ1n) is 10.2. The summed E-state index contributed by atoms with van der Waals surface area (Å²) in [5.74, 6) is 0.659. The fraction of sp³-hybridized carbons (Fsp3) is 0.900. The first kappa shape index (κ1) is 19.9. The Labute approximate surface area is 161 Å². The SMILES string of the molecule is CC(C)N1CC(=O)N(CC2CCC(F)CC2)C(C2CCC(Cl)CC2)C1=O. The first-order chi connectivity index (χ1) is 12.4. The molecule has 6 heteroatoms. The number of carbonyl (C=O) groups is 2. The number of carbonyl (C=O) groups excluding carboxylic acids is 2. The number of alkyl halides is 2. The van der Waals surface area contributed by atoms with Crippen molar-refractivity contribution in [2.45, 2.75) is 88.8 Å². The summed E-state index contributed by atoms with van der Waals surface area (Å²) >= 11 is 6.26. The molecule has 3 rings (SSSR count). The Morgan fingerprint density at radius 1 is 1.04 bits per heavy atom. The third-order valence-electron chi connectivity index (χ3n) is 6.50. The third-order valence-corrected chi connectivity index (χ3v) is 6.94. The van der Waals surface area contributed by atoms with Crippen molar-refractivity contribution in [1.82, 2.24) is 9.80 Å². The van der Waals surface area contributed by atoms with Gasteiger partial charge in [-0.05, 0) is 77.0 Å². The van der Waals surface area contributed by atoms with Crippen LogP contribution >= 0.6 is 11.6 Å². The molecule has 2 aliphatic carbocycles. The smallest absolute Gasteiger partial charge is 0.246 e. The molecule has 148 valence electrons. The summed E-state index contributed by atoms with van der Waals surface area (Å²) in [6.45, 7) is 4.72. The van der Waals surface area contributed by atoms with Crippen LogP contribution in [-0.4, -0.2) is 58.3 Å². The maximum Gasteiger partial charge on any atom is 0.246 e. The van der Waals surface area contributed by atoms with Crippen molar-refractivity contribution in [2.24, 2.45) is 11.8 Å². The molecular weight excluding hydrogens is 355 g/mol. The number of hydrogen-bond acceptors (Lipinski definition) is 2. The lowest BCUT2D eigenvalue weighted by atomic mass is 9.80. The first-order valence-corrected chi connectivity index (χ1v) is 10.7. The van der Waals surface area contributed by atoms with Gasteiger partial charge < -0.3 is 9.80 Å². The van der Waals surface area contributed by atoms with Gasteiger partial charge in [-0.2, -0.15) is 0 Å². The average molecular weight is 387 g/mol. The van der Waals surface area contributed by atoms with Crippen molar-refractivity contribution in [1.29, 1.82) is 0 Å². The van der Waals surface area contributed by atoms with Gasteiger partial charge in [0.1, 0.15) is 18.8 Å². The Morgan fingerprint density at radius 3 is 2.23 bits per heavy atom. The van der Waals surface area contributed by atoms with Crippen molar-refractivity contribution >= 4 is 23.4 Å². The predicted molar refractivity (Wildman–Crippen MR) is 101 cm³/mol. The molecule has 0 N–H and O–H groups in total. The van der Waals surface area contributed by atoms with Crippen molar-refractivity contribution in [3.05, 3.63) is 0 Å². The van der Waals surface area contributed by atoms with Gasteiger partial charge in [-0.1, -0.05) is 0 Å². The van der Waals surface area contributed by atoms with Gasteiger partial charge in [0.25, 0.3) is 0 Å². The van der Waals surface area contributed by atoms with Crippen molar-refractivity contribution < 1.29 is 14.0 Å². The molecule has 3 fully saturated rings. The normalized spacial score (nSPS) is 36.7. The molecule has 2 saturated carbocycles. The number of amides is 2. The summed E-state index contributed by atoms with van der Waals surface area (Å²) < 4.78 is 13.5. The molecule has 1 saturated heterocycles. The average Bonchev–Trinajstić information content (AvgIpc) is 2.61. The summed E-state index contributed by atoms with van der Waals surface area (Å²) in [7, 11) is 0. The van der Waals surface area contributed by atoms with Gasteiger partial charge in [0.2, 0.25) is 11.8 Å². The van der Waals surface area contributed by atoms with Crippen LogP contribution in [0, 0.1) is 11.8 Å². The summed E-state index contributed by atoms with van der Waals surface area (Å²) in [6.07, 6.45) is 5.72. The van der Waals surface area contributed by atoms with E-state index in [2.05, 4.69) is 0 Å². The van der Waals surface area contributed by atoms with E-state index in [-0.39, 0.29) is 41.7 Å². The number of hydrogen-bond donors (Lipinski definition) is 0. The summed E-state index contributed by atoms with van der Waals surface area (Å²) in [6, 6.07) is -0.326. The Kier molecular flexibility index (Phi) is 6.47. The number of rotatable bonds is 4. The second-order valence-corrected chi connectivity index (χ2v) is 9.30. The van der Waals surface area contributed by atoms with E-state index in [1.807, 2.05) is 18.7 Å². The van der Waals surface area contributed by atoms with Gasteiger partial charge in [-0.3, -0.25) is 9.59 Å². The predicted octanol–water partition coefficient (Wildman–Crippen LogP) is 3.76. The van der Waals surface area contributed by atoms with Crippen LogP contribution in [0.2, 0.25) is 0 Å². The van der Waals surface area contributed by atoms with Gasteiger partial charge in [0.05, 0.1) is 0 Å². The standard InChI is InChI=1S/C20H32ClFN2O2/c1-13(2)23-12-18(25)24(11-14-3-9-17(22)10-4-14)19(20(23)26)15-5-7-16(21)8-6-15/h13-17,19H,3-12H2,1-2H3. The molecule has 1 unspecified atom stereocenters. The highest BCUT2D eigenvalue weighted by Crippen LogP contribution is 2.36. The molecule has 2 amide bonds. The third kappa shape index (κ3) is 4.35. The van der Waals surface area contributed by atoms with Gasteiger partial charge in [-0.25, -0.2) is 4.39 Å². The highest BCUT2D eigenvalue weighted by molar-refractivity contribution is 6.20. The molecule has 0 aromatic carbocycles. The van der Waals surface area contributed by atoms with Crippen LogP contribution in [0.3, 0.4) is 0 Å². The molecule has 1 aliphatic heterocycles. The monoisotopic (exact) mass is 386 g/mol. The van der Waals surface area contributed by atoms with Gasteiger partial charge in [-0.15, -0.1) is 11.6 Å². The van der Waals surface area contributed by atoms with Gasteiger partial charge in [0, 0.05) is 18.0 Å². The minimum Gasteiger partial charge on any atom is -0.329 e. The molecule has 1 atom stereocenters. The topological polar surface area (TPSA) is 40.6 Å². The van der Waals surface area contributed by atoms with Crippen molar-refractivity contribution in [3.8, 4) is 0 Å². The van der Waals surface area contributed by atoms with E-state index >= 15 is 0 Å².